The fourth-order valence-corrected chi connectivity index (χ4v) is 1.97. The fourth-order valence-electron chi connectivity index (χ4n) is 1.30. The summed E-state index contributed by atoms with van der Waals surface area (Å²) in [5.74, 6) is -0.231. The highest BCUT2D eigenvalue weighted by Gasteiger charge is 2.15. The van der Waals surface area contributed by atoms with Crippen LogP contribution in [0.1, 0.15) is 37.9 Å². The number of rotatable bonds is 4. The maximum Gasteiger partial charge on any atom is 0.289 e. The van der Waals surface area contributed by atoms with E-state index in [1.165, 1.54) is 13.0 Å². The van der Waals surface area contributed by atoms with Gasteiger partial charge in [-0.1, -0.05) is 19.9 Å². The van der Waals surface area contributed by atoms with Crippen LogP contribution in [-0.4, -0.2) is 4.98 Å². The second-order valence-electron chi connectivity index (χ2n) is 3.90. The van der Waals surface area contributed by atoms with Gasteiger partial charge in [0.15, 0.2) is 5.01 Å². The maximum absolute atomic E-state index is 12.7. The van der Waals surface area contributed by atoms with E-state index in [-0.39, 0.29) is 16.8 Å². The Morgan fingerprint density at radius 1 is 1.35 bits per heavy atom. The molecule has 0 saturated carbocycles. The summed E-state index contributed by atoms with van der Waals surface area (Å²) >= 11 is 0.921. The van der Waals surface area contributed by atoms with E-state index in [1.54, 1.807) is 11.5 Å². The van der Waals surface area contributed by atoms with Crippen LogP contribution >= 0.6 is 11.3 Å². The van der Waals surface area contributed by atoms with E-state index < -0.39 is 6.43 Å². The van der Waals surface area contributed by atoms with Crippen molar-refractivity contribution in [3.8, 4) is 0 Å². The molecule has 0 aliphatic rings. The number of alkyl halides is 2. The van der Waals surface area contributed by atoms with Gasteiger partial charge in [0.05, 0.1) is 11.5 Å². The number of thiazole rings is 1. The number of halogens is 3. The zero-order chi connectivity index (χ0) is 13.0. The van der Waals surface area contributed by atoms with Crippen LogP contribution in [0.2, 0.25) is 0 Å². The fraction of sp³-hybridized carbons (Fsp3) is 0.417. The van der Waals surface area contributed by atoms with Crippen molar-refractivity contribution < 1.29 is 13.2 Å². The van der Waals surface area contributed by atoms with E-state index in [1.807, 2.05) is 13.8 Å². The first-order valence-corrected chi connectivity index (χ1v) is 6.07. The van der Waals surface area contributed by atoms with E-state index in [0.29, 0.717) is 5.69 Å². The van der Waals surface area contributed by atoms with Gasteiger partial charge in [-0.05, 0) is 24.5 Å². The summed E-state index contributed by atoms with van der Waals surface area (Å²) in [7, 11) is 0. The molecule has 0 spiro atoms. The highest BCUT2D eigenvalue weighted by Crippen LogP contribution is 2.29. The van der Waals surface area contributed by atoms with Crippen LogP contribution in [0.4, 0.5) is 13.2 Å². The minimum Gasteiger partial charge on any atom is -0.235 e. The van der Waals surface area contributed by atoms with E-state index in [0.717, 1.165) is 16.9 Å². The summed E-state index contributed by atoms with van der Waals surface area (Å²) in [5.41, 5.74) is 1.25. The van der Waals surface area contributed by atoms with Crippen molar-refractivity contribution in [2.45, 2.75) is 27.2 Å². The maximum atomic E-state index is 12.7. The highest BCUT2D eigenvalue weighted by atomic mass is 32.1. The van der Waals surface area contributed by atoms with Crippen LogP contribution in [0.3, 0.4) is 0 Å². The summed E-state index contributed by atoms with van der Waals surface area (Å²) in [6, 6.07) is 0. The quantitative estimate of drug-likeness (QED) is 0.695. The molecule has 0 aromatic carbocycles. The van der Waals surface area contributed by atoms with Crippen molar-refractivity contribution in [3.63, 3.8) is 0 Å². The van der Waals surface area contributed by atoms with Crippen molar-refractivity contribution in [3.05, 3.63) is 34.1 Å². The molecule has 0 radical (unpaired) electrons. The first-order chi connectivity index (χ1) is 7.91. The lowest BCUT2D eigenvalue weighted by Gasteiger charge is -2.07. The van der Waals surface area contributed by atoms with Gasteiger partial charge in [-0.3, -0.25) is 0 Å². The second kappa shape index (κ2) is 6.00. The lowest BCUT2D eigenvalue weighted by Crippen LogP contribution is -1.94. The Labute approximate surface area is 103 Å². The SMILES string of the molecule is C/C(F)=C\C=C(/c1csc(C(F)F)n1)C(C)C. The number of hydrogen-bond donors (Lipinski definition) is 0. The average molecular weight is 261 g/mol. The summed E-state index contributed by atoms with van der Waals surface area (Å²) in [6.45, 7) is 5.16. The molecule has 94 valence electrons. The normalized spacial score (nSPS) is 13.9. The van der Waals surface area contributed by atoms with Crippen molar-refractivity contribution in [1.29, 1.82) is 0 Å². The van der Waals surface area contributed by atoms with Crippen molar-refractivity contribution >= 4 is 16.9 Å². The van der Waals surface area contributed by atoms with Crippen LogP contribution in [0.25, 0.3) is 5.57 Å². The second-order valence-corrected chi connectivity index (χ2v) is 4.79. The van der Waals surface area contributed by atoms with Crippen LogP contribution in [0, 0.1) is 5.92 Å². The topological polar surface area (TPSA) is 12.9 Å². The molecule has 1 heterocycles. The van der Waals surface area contributed by atoms with Gasteiger partial charge < -0.3 is 0 Å². The number of aromatic nitrogens is 1. The van der Waals surface area contributed by atoms with Gasteiger partial charge in [0.2, 0.25) is 0 Å². The number of allylic oxidation sites excluding steroid dienone is 4. The average Bonchev–Trinajstić information content (AvgIpc) is 2.66. The third kappa shape index (κ3) is 4.00. The molecule has 0 fully saturated rings. The van der Waals surface area contributed by atoms with Gasteiger partial charge in [-0.2, -0.15) is 0 Å². The molecule has 0 unspecified atom stereocenters. The minimum absolute atomic E-state index is 0.0956. The molecular formula is C12H14F3NS. The summed E-state index contributed by atoms with van der Waals surface area (Å²) in [6.07, 6.45) is 0.349. The van der Waals surface area contributed by atoms with Gasteiger partial charge in [0, 0.05) is 5.38 Å². The van der Waals surface area contributed by atoms with E-state index >= 15 is 0 Å². The monoisotopic (exact) mass is 261 g/mol. The first-order valence-electron chi connectivity index (χ1n) is 5.19. The van der Waals surface area contributed by atoms with Crippen LogP contribution < -0.4 is 0 Å². The van der Waals surface area contributed by atoms with E-state index in [2.05, 4.69) is 4.98 Å². The lowest BCUT2D eigenvalue weighted by atomic mass is 10.0. The highest BCUT2D eigenvalue weighted by molar-refractivity contribution is 7.09. The van der Waals surface area contributed by atoms with Gasteiger partial charge >= 0.3 is 0 Å². The van der Waals surface area contributed by atoms with Crippen molar-refractivity contribution in [2.24, 2.45) is 5.92 Å². The van der Waals surface area contributed by atoms with Crippen LogP contribution in [0.5, 0.6) is 0 Å². The molecule has 0 aliphatic carbocycles. The van der Waals surface area contributed by atoms with Gasteiger partial charge in [0.1, 0.15) is 0 Å². The molecule has 1 aromatic rings. The predicted molar refractivity (Wildman–Crippen MR) is 64.8 cm³/mol. The third-order valence-electron chi connectivity index (χ3n) is 2.12. The Morgan fingerprint density at radius 3 is 2.41 bits per heavy atom. The van der Waals surface area contributed by atoms with E-state index in [4.69, 9.17) is 0 Å². The number of hydrogen-bond acceptors (Lipinski definition) is 2. The van der Waals surface area contributed by atoms with Crippen molar-refractivity contribution in [1.82, 2.24) is 4.98 Å². The van der Waals surface area contributed by atoms with Crippen LogP contribution in [-0.2, 0) is 0 Å². The number of nitrogens with zero attached hydrogens (tertiary/aromatic N) is 1. The predicted octanol–water partition coefficient (Wildman–Crippen LogP) is 4.99. The smallest absolute Gasteiger partial charge is 0.235 e. The van der Waals surface area contributed by atoms with Gasteiger partial charge in [0.25, 0.3) is 6.43 Å². The Morgan fingerprint density at radius 2 is 2.00 bits per heavy atom. The molecule has 5 heteroatoms. The Balaban J connectivity index is 3.06. The minimum atomic E-state index is -2.55. The Hall–Kier alpha value is -1.10. The van der Waals surface area contributed by atoms with Crippen LogP contribution in [0.15, 0.2) is 23.4 Å². The molecule has 0 bridgehead atoms. The molecule has 1 aromatic heterocycles. The summed E-state index contributed by atoms with van der Waals surface area (Å²) < 4.78 is 37.5. The molecule has 17 heavy (non-hydrogen) atoms. The van der Waals surface area contributed by atoms with Crippen molar-refractivity contribution in [2.75, 3.05) is 0 Å². The zero-order valence-electron chi connectivity index (χ0n) is 9.88. The molecule has 0 atom stereocenters. The molecule has 0 amide bonds. The molecule has 0 saturated heterocycles. The first kappa shape index (κ1) is 14.0. The molecule has 0 aliphatic heterocycles. The zero-order valence-corrected chi connectivity index (χ0v) is 10.7. The largest absolute Gasteiger partial charge is 0.289 e. The molecular weight excluding hydrogens is 247 g/mol. The Bertz CT molecular complexity index is 429. The molecule has 0 N–H and O–H groups in total. The standard InChI is InChI=1S/C12H14F3NS/c1-7(2)9(5-4-8(3)13)10-6-17-12(16-10)11(14)15/h4-7,11H,1-3H3/b8-4+,9-5-. The molecule has 1 rings (SSSR count). The summed E-state index contributed by atoms with van der Waals surface area (Å²) in [5, 5.41) is 1.38. The lowest BCUT2D eigenvalue weighted by molar-refractivity contribution is 0.151. The Kier molecular flexibility index (Phi) is 4.93. The third-order valence-corrected chi connectivity index (χ3v) is 2.97. The van der Waals surface area contributed by atoms with Gasteiger partial charge in [-0.25, -0.2) is 18.2 Å². The summed E-state index contributed by atoms with van der Waals surface area (Å²) in [4.78, 5) is 3.86. The van der Waals surface area contributed by atoms with Gasteiger partial charge in [-0.15, -0.1) is 11.3 Å². The van der Waals surface area contributed by atoms with E-state index in [9.17, 15) is 13.2 Å². The molecule has 1 nitrogen and oxygen atoms in total.